The number of nitrogens with zero attached hydrogens (tertiary/aromatic N) is 4. The van der Waals surface area contributed by atoms with Crippen molar-refractivity contribution in [1.82, 2.24) is 19.9 Å². The predicted octanol–water partition coefficient (Wildman–Crippen LogP) is 3.06. The Hall–Kier alpha value is -2.51. The molecule has 1 saturated heterocycles. The van der Waals surface area contributed by atoms with Crippen LogP contribution in [0.15, 0.2) is 45.7 Å². The molecule has 1 aliphatic heterocycles. The van der Waals surface area contributed by atoms with E-state index in [0.29, 0.717) is 0 Å². The van der Waals surface area contributed by atoms with E-state index in [1.807, 2.05) is 53.0 Å². The molecule has 3 aromatic rings. The monoisotopic (exact) mass is 368 g/mol. The van der Waals surface area contributed by atoms with Crippen LogP contribution in [-0.4, -0.2) is 52.0 Å². The summed E-state index contributed by atoms with van der Waals surface area (Å²) in [6.07, 6.45) is 0. The standard InChI is InChI=1S/C19H20N4O2S/c1-14-10-17(21-25-14)11-22-6-8-23(9-7-22)19(24)16-4-2-15(3-5-16)18-12-26-13-20-18/h2-5,10,12-13H,6-9,11H2,1H3. The Morgan fingerprint density at radius 2 is 1.96 bits per heavy atom. The lowest BCUT2D eigenvalue weighted by molar-refractivity contribution is 0.0625. The summed E-state index contributed by atoms with van der Waals surface area (Å²) in [7, 11) is 0. The molecule has 1 aliphatic rings. The Bertz CT molecular complexity index is 865. The molecule has 1 aromatic carbocycles. The lowest BCUT2D eigenvalue weighted by atomic mass is 10.1. The van der Waals surface area contributed by atoms with Crippen LogP contribution in [0.3, 0.4) is 0 Å². The Labute approximate surface area is 156 Å². The van der Waals surface area contributed by atoms with Gasteiger partial charge >= 0.3 is 0 Å². The Morgan fingerprint density at radius 3 is 2.58 bits per heavy atom. The van der Waals surface area contributed by atoms with Crippen molar-refractivity contribution in [3.63, 3.8) is 0 Å². The fourth-order valence-electron chi connectivity index (χ4n) is 3.15. The van der Waals surface area contributed by atoms with Gasteiger partial charge in [-0.15, -0.1) is 11.3 Å². The molecule has 6 nitrogen and oxygen atoms in total. The molecule has 0 saturated carbocycles. The van der Waals surface area contributed by atoms with Crippen molar-refractivity contribution in [2.45, 2.75) is 13.5 Å². The minimum Gasteiger partial charge on any atom is -0.361 e. The third kappa shape index (κ3) is 3.68. The minimum absolute atomic E-state index is 0.0896. The second-order valence-corrected chi connectivity index (χ2v) is 7.17. The van der Waals surface area contributed by atoms with E-state index < -0.39 is 0 Å². The molecule has 0 atom stereocenters. The molecule has 26 heavy (non-hydrogen) atoms. The maximum Gasteiger partial charge on any atom is 0.253 e. The van der Waals surface area contributed by atoms with Gasteiger partial charge in [0.05, 0.1) is 16.9 Å². The molecule has 4 rings (SSSR count). The Kier molecular flexibility index (Phi) is 4.81. The number of amides is 1. The number of hydrogen-bond acceptors (Lipinski definition) is 6. The zero-order chi connectivity index (χ0) is 17.9. The molecule has 2 aromatic heterocycles. The number of rotatable bonds is 4. The summed E-state index contributed by atoms with van der Waals surface area (Å²) in [5, 5.41) is 6.05. The van der Waals surface area contributed by atoms with E-state index in [2.05, 4.69) is 15.0 Å². The van der Waals surface area contributed by atoms with Crippen molar-refractivity contribution in [3.8, 4) is 11.3 Å². The van der Waals surface area contributed by atoms with Gasteiger partial charge in [0, 0.05) is 55.3 Å². The van der Waals surface area contributed by atoms with E-state index >= 15 is 0 Å². The first-order valence-corrected chi connectivity index (χ1v) is 9.56. The van der Waals surface area contributed by atoms with E-state index in [9.17, 15) is 4.79 Å². The quantitative estimate of drug-likeness (QED) is 0.708. The number of hydrogen-bond donors (Lipinski definition) is 0. The van der Waals surface area contributed by atoms with Crippen LogP contribution >= 0.6 is 11.3 Å². The van der Waals surface area contributed by atoms with Gasteiger partial charge in [-0.1, -0.05) is 17.3 Å². The summed E-state index contributed by atoms with van der Waals surface area (Å²) in [5.74, 6) is 0.918. The van der Waals surface area contributed by atoms with Gasteiger partial charge in [-0.2, -0.15) is 0 Å². The van der Waals surface area contributed by atoms with Crippen molar-refractivity contribution in [1.29, 1.82) is 0 Å². The van der Waals surface area contributed by atoms with Gasteiger partial charge in [-0.05, 0) is 19.1 Å². The second-order valence-electron chi connectivity index (χ2n) is 6.45. The van der Waals surface area contributed by atoms with Crippen molar-refractivity contribution in [2.75, 3.05) is 26.2 Å². The highest BCUT2D eigenvalue weighted by Gasteiger charge is 2.22. The zero-order valence-corrected chi connectivity index (χ0v) is 15.4. The van der Waals surface area contributed by atoms with Crippen LogP contribution in [0.4, 0.5) is 0 Å². The largest absolute Gasteiger partial charge is 0.361 e. The van der Waals surface area contributed by atoms with Crippen molar-refractivity contribution < 1.29 is 9.32 Å². The number of aryl methyl sites for hydroxylation is 1. The molecule has 7 heteroatoms. The summed E-state index contributed by atoms with van der Waals surface area (Å²) in [4.78, 5) is 21.3. The number of carbonyl (C=O) groups is 1. The summed E-state index contributed by atoms with van der Waals surface area (Å²) >= 11 is 1.57. The van der Waals surface area contributed by atoms with Crippen molar-refractivity contribution in [3.05, 3.63) is 58.2 Å². The average molecular weight is 368 g/mol. The third-order valence-corrected chi connectivity index (χ3v) is 5.17. The maximum atomic E-state index is 12.7. The molecular weight excluding hydrogens is 348 g/mol. The van der Waals surface area contributed by atoms with E-state index in [0.717, 1.165) is 61.0 Å². The van der Waals surface area contributed by atoms with Crippen LogP contribution in [0.5, 0.6) is 0 Å². The van der Waals surface area contributed by atoms with E-state index in [4.69, 9.17) is 4.52 Å². The van der Waals surface area contributed by atoms with Gasteiger partial charge in [0.2, 0.25) is 0 Å². The lowest BCUT2D eigenvalue weighted by Crippen LogP contribution is -2.48. The number of benzene rings is 1. The molecule has 0 aliphatic carbocycles. The Balaban J connectivity index is 1.34. The van der Waals surface area contributed by atoms with Gasteiger partial charge in [0.15, 0.2) is 0 Å². The van der Waals surface area contributed by atoms with Crippen LogP contribution < -0.4 is 0 Å². The number of thiazole rings is 1. The molecule has 134 valence electrons. The third-order valence-electron chi connectivity index (χ3n) is 4.58. The first-order valence-electron chi connectivity index (χ1n) is 8.61. The first-order chi connectivity index (χ1) is 12.7. The second kappa shape index (κ2) is 7.39. The summed E-state index contributed by atoms with van der Waals surface area (Å²) in [6, 6.07) is 9.67. The molecule has 0 unspecified atom stereocenters. The molecule has 1 amide bonds. The highest BCUT2D eigenvalue weighted by molar-refractivity contribution is 7.07. The summed E-state index contributed by atoms with van der Waals surface area (Å²) in [6.45, 7) is 5.80. The highest BCUT2D eigenvalue weighted by Crippen LogP contribution is 2.20. The normalized spacial score (nSPS) is 15.3. The summed E-state index contributed by atoms with van der Waals surface area (Å²) < 4.78 is 5.11. The molecule has 1 fully saturated rings. The average Bonchev–Trinajstić information content (AvgIpc) is 3.34. The van der Waals surface area contributed by atoms with Gasteiger partial charge in [-0.25, -0.2) is 4.98 Å². The molecule has 0 spiro atoms. The van der Waals surface area contributed by atoms with E-state index in [-0.39, 0.29) is 5.91 Å². The molecule has 0 radical (unpaired) electrons. The smallest absolute Gasteiger partial charge is 0.253 e. The molecule has 0 N–H and O–H groups in total. The van der Waals surface area contributed by atoms with Crippen molar-refractivity contribution >= 4 is 17.2 Å². The lowest BCUT2D eigenvalue weighted by Gasteiger charge is -2.34. The molecule has 3 heterocycles. The first kappa shape index (κ1) is 16.9. The van der Waals surface area contributed by atoms with Gasteiger partial charge < -0.3 is 9.42 Å². The topological polar surface area (TPSA) is 62.5 Å². The fourth-order valence-corrected chi connectivity index (χ4v) is 3.71. The van der Waals surface area contributed by atoms with Gasteiger partial charge in [0.1, 0.15) is 5.76 Å². The minimum atomic E-state index is 0.0896. The summed E-state index contributed by atoms with van der Waals surface area (Å²) in [5.41, 5.74) is 5.47. The highest BCUT2D eigenvalue weighted by atomic mass is 32.1. The van der Waals surface area contributed by atoms with Crippen LogP contribution in [-0.2, 0) is 6.54 Å². The van der Waals surface area contributed by atoms with E-state index in [1.165, 1.54) is 0 Å². The van der Waals surface area contributed by atoms with Gasteiger partial charge in [0.25, 0.3) is 5.91 Å². The van der Waals surface area contributed by atoms with Gasteiger partial charge in [-0.3, -0.25) is 9.69 Å². The number of aromatic nitrogens is 2. The van der Waals surface area contributed by atoms with Crippen LogP contribution in [0, 0.1) is 6.92 Å². The van der Waals surface area contributed by atoms with E-state index in [1.54, 1.807) is 11.3 Å². The fraction of sp³-hybridized carbons (Fsp3) is 0.316. The van der Waals surface area contributed by atoms with Crippen LogP contribution in [0.25, 0.3) is 11.3 Å². The van der Waals surface area contributed by atoms with Crippen molar-refractivity contribution in [2.24, 2.45) is 0 Å². The number of carbonyl (C=O) groups excluding carboxylic acids is 1. The predicted molar refractivity (Wildman–Crippen MR) is 100.0 cm³/mol. The Morgan fingerprint density at radius 1 is 1.19 bits per heavy atom. The SMILES string of the molecule is Cc1cc(CN2CCN(C(=O)c3ccc(-c4cscn4)cc3)CC2)no1. The van der Waals surface area contributed by atoms with Crippen LogP contribution in [0.1, 0.15) is 21.8 Å². The maximum absolute atomic E-state index is 12.7. The molecule has 0 bridgehead atoms. The molecular formula is C19H20N4O2S. The number of piperazine rings is 1. The van der Waals surface area contributed by atoms with Crippen LogP contribution in [0.2, 0.25) is 0 Å². The zero-order valence-electron chi connectivity index (χ0n) is 14.6.